The van der Waals surface area contributed by atoms with Crippen LogP contribution in [0.15, 0.2) is 21.7 Å². The van der Waals surface area contributed by atoms with Crippen molar-refractivity contribution in [2.75, 3.05) is 7.05 Å². The Labute approximate surface area is 95.6 Å². The van der Waals surface area contributed by atoms with Gasteiger partial charge in [0.2, 0.25) is 0 Å². The van der Waals surface area contributed by atoms with Crippen LogP contribution in [0.4, 0.5) is 0 Å². The van der Waals surface area contributed by atoms with Crippen LogP contribution in [0.1, 0.15) is 5.56 Å². The summed E-state index contributed by atoms with van der Waals surface area (Å²) in [6, 6.07) is 1.98. The van der Waals surface area contributed by atoms with Crippen molar-refractivity contribution in [3.05, 3.63) is 27.3 Å². The van der Waals surface area contributed by atoms with E-state index in [1.165, 1.54) is 16.7 Å². The second-order valence-electron chi connectivity index (χ2n) is 2.80. The van der Waals surface area contributed by atoms with E-state index in [1.807, 2.05) is 22.9 Å². The van der Waals surface area contributed by atoms with Crippen LogP contribution in [-0.2, 0) is 4.79 Å². The number of thiocarbonyl (C=S) groups is 1. The van der Waals surface area contributed by atoms with Crippen LogP contribution in [0.5, 0.6) is 0 Å². The van der Waals surface area contributed by atoms with Crippen LogP contribution in [-0.4, -0.2) is 22.2 Å². The van der Waals surface area contributed by atoms with Crippen molar-refractivity contribution in [2.45, 2.75) is 0 Å². The Balaban J connectivity index is 2.29. The van der Waals surface area contributed by atoms with Crippen molar-refractivity contribution in [2.24, 2.45) is 0 Å². The maximum Gasteiger partial charge on any atom is 0.265 e. The molecule has 1 aliphatic rings. The average Bonchev–Trinajstić information content (AvgIpc) is 2.73. The summed E-state index contributed by atoms with van der Waals surface area (Å²) >= 11 is 7.99. The quantitative estimate of drug-likeness (QED) is 0.557. The highest BCUT2D eigenvalue weighted by molar-refractivity contribution is 8.26. The van der Waals surface area contributed by atoms with Gasteiger partial charge in [0, 0.05) is 7.05 Å². The Morgan fingerprint density at radius 2 is 2.36 bits per heavy atom. The third kappa shape index (κ3) is 1.75. The van der Waals surface area contributed by atoms with Crippen molar-refractivity contribution in [3.8, 4) is 0 Å². The van der Waals surface area contributed by atoms with E-state index in [0.29, 0.717) is 9.23 Å². The molecule has 1 saturated heterocycles. The second-order valence-corrected chi connectivity index (χ2v) is 5.25. The Bertz CT molecular complexity index is 408. The van der Waals surface area contributed by atoms with E-state index in [0.717, 1.165) is 5.56 Å². The monoisotopic (exact) mass is 241 g/mol. The van der Waals surface area contributed by atoms with Gasteiger partial charge in [0.05, 0.1) is 4.91 Å². The molecule has 1 aromatic heterocycles. The average molecular weight is 241 g/mol. The fourth-order valence-corrected chi connectivity index (χ4v) is 2.85. The van der Waals surface area contributed by atoms with Gasteiger partial charge in [-0.3, -0.25) is 9.69 Å². The molecule has 2 heterocycles. The molecule has 0 radical (unpaired) electrons. The number of thiophene rings is 1. The molecule has 0 N–H and O–H groups in total. The molecule has 1 aromatic rings. The Morgan fingerprint density at radius 3 is 2.86 bits per heavy atom. The fraction of sp³-hybridized carbons (Fsp3) is 0.111. The van der Waals surface area contributed by atoms with E-state index < -0.39 is 0 Å². The van der Waals surface area contributed by atoms with Crippen LogP contribution in [0.2, 0.25) is 0 Å². The molecular formula is C9H7NOS3. The predicted octanol–water partition coefficient (Wildman–Crippen LogP) is 2.58. The lowest BCUT2D eigenvalue weighted by atomic mass is 10.3. The summed E-state index contributed by atoms with van der Waals surface area (Å²) in [5.74, 6) is -0.00815. The van der Waals surface area contributed by atoms with E-state index in [9.17, 15) is 4.79 Å². The third-order valence-corrected chi connectivity index (χ3v) is 4.01. The smallest absolute Gasteiger partial charge is 0.265 e. The molecule has 72 valence electrons. The first kappa shape index (κ1) is 9.89. The number of likely N-dealkylation sites (N-methyl/N-ethyl adjacent to an activating group) is 1. The number of carbonyl (C=O) groups is 1. The zero-order valence-electron chi connectivity index (χ0n) is 7.39. The summed E-state index contributed by atoms with van der Waals surface area (Å²) in [4.78, 5) is 13.8. The van der Waals surface area contributed by atoms with E-state index in [1.54, 1.807) is 18.4 Å². The number of amides is 1. The van der Waals surface area contributed by atoms with Gasteiger partial charge in [-0.15, -0.1) is 0 Å². The van der Waals surface area contributed by atoms with Crippen molar-refractivity contribution in [3.63, 3.8) is 0 Å². The minimum atomic E-state index is -0.00815. The number of nitrogens with zero attached hydrogens (tertiary/aromatic N) is 1. The van der Waals surface area contributed by atoms with Gasteiger partial charge in [-0.2, -0.15) is 11.3 Å². The molecule has 5 heteroatoms. The lowest BCUT2D eigenvalue weighted by molar-refractivity contribution is -0.121. The molecule has 1 aliphatic heterocycles. The molecule has 0 atom stereocenters. The molecule has 2 nitrogen and oxygen atoms in total. The van der Waals surface area contributed by atoms with Crippen molar-refractivity contribution >= 4 is 51.6 Å². The number of carbonyl (C=O) groups excluding carboxylic acids is 1. The maximum absolute atomic E-state index is 11.6. The van der Waals surface area contributed by atoms with Crippen molar-refractivity contribution in [1.29, 1.82) is 0 Å². The van der Waals surface area contributed by atoms with E-state index in [4.69, 9.17) is 12.2 Å². The lowest BCUT2D eigenvalue weighted by Crippen LogP contribution is -2.22. The highest BCUT2D eigenvalue weighted by Gasteiger charge is 2.28. The van der Waals surface area contributed by atoms with E-state index >= 15 is 0 Å². The summed E-state index contributed by atoms with van der Waals surface area (Å²) in [6.07, 6.45) is 1.87. The number of hydrogen-bond acceptors (Lipinski definition) is 4. The highest BCUT2D eigenvalue weighted by atomic mass is 32.2. The molecule has 14 heavy (non-hydrogen) atoms. The first-order valence-electron chi connectivity index (χ1n) is 3.92. The van der Waals surface area contributed by atoms with Gasteiger partial charge >= 0.3 is 0 Å². The molecule has 1 amide bonds. The zero-order valence-corrected chi connectivity index (χ0v) is 9.84. The number of rotatable bonds is 1. The van der Waals surface area contributed by atoms with Gasteiger partial charge < -0.3 is 0 Å². The minimum absolute atomic E-state index is 0.00815. The van der Waals surface area contributed by atoms with Crippen LogP contribution in [0, 0.1) is 0 Å². The molecule has 0 spiro atoms. The Hall–Kier alpha value is -0.650. The molecular weight excluding hydrogens is 234 g/mol. The Morgan fingerprint density at radius 1 is 1.57 bits per heavy atom. The lowest BCUT2D eigenvalue weighted by Gasteiger charge is -2.03. The summed E-state index contributed by atoms with van der Waals surface area (Å²) < 4.78 is 0.622. The van der Waals surface area contributed by atoms with Gasteiger partial charge in [-0.1, -0.05) is 24.0 Å². The third-order valence-electron chi connectivity index (χ3n) is 1.83. The fourth-order valence-electron chi connectivity index (χ4n) is 1.05. The first-order valence-corrected chi connectivity index (χ1v) is 6.09. The van der Waals surface area contributed by atoms with E-state index in [2.05, 4.69) is 0 Å². The normalized spacial score (nSPS) is 19.8. The van der Waals surface area contributed by atoms with Crippen molar-refractivity contribution < 1.29 is 4.79 Å². The largest absolute Gasteiger partial charge is 0.296 e. The summed E-state index contributed by atoms with van der Waals surface area (Å²) in [7, 11) is 1.70. The SMILES string of the molecule is CN1C(=O)/C(=C\c2ccsc2)SC1=S. The molecule has 0 aliphatic carbocycles. The number of thioether (sulfide) groups is 1. The van der Waals surface area contributed by atoms with Gasteiger partial charge in [0.15, 0.2) is 0 Å². The highest BCUT2D eigenvalue weighted by Crippen LogP contribution is 2.31. The summed E-state index contributed by atoms with van der Waals surface area (Å²) in [6.45, 7) is 0. The molecule has 1 fully saturated rings. The first-order chi connectivity index (χ1) is 6.68. The minimum Gasteiger partial charge on any atom is -0.296 e. The molecule has 0 aromatic carbocycles. The number of hydrogen-bond donors (Lipinski definition) is 0. The van der Waals surface area contributed by atoms with Crippen LogP contribution in [0.3, 0.4) is 0 Å². The van der Waals surface area contributed by atoms with Crippen LogP contribution in [0.25, 0.3) is 6.08 Å². The van der Waals surface area contributed by atoms with Gasteiger partial charge in [-0.25, -0.2) is 0 Å². The zero-order chi connectivity index (χ0) is 10.1. The van der Waals surface area contributed by atoms with Crippen LogP contribution >= 0.6 is 35.3 Å². The molecule has 0 bridgehead atoms. The maximum atomic E-state index is 11.6. The molecule has 0 unspecified atom stereocenters. The summed E-state index contributed by atoms with van der Waals surface area (Å²) in [5, 5.41) is 3.99. The van der Waals surface area contributed by atoms with Crippen molar-refractivity contribution in [1.82, 2.24) is 4.90 Å². The van der Waals surface area contributed by atoms with Gasteiger partial charge in [0.25, 0.3) is 5.91 Å². The van der Waals surface area contributed by atoms with Crippen LogP contribution < -0.4 is 0 Å². The standard InChI is InChI=1S/C9H7NOS3/c1-10-8(11)7(14-9(10)12)4-6-2-3-13-5-6/h2-5H,1H3/b7-4+. The molecule has 0 saturated carbocycles. The summed E-state index contributed by atoms with van der Waals surface area (Å²) in [5.41, 5.74) is 1.06. The van der Waals surface area contributed by atoms with Gasteiger partial charge in [0.1, 0.15) is 4.32 Å². The topological polar surface area (TPSA) is 20.3 Å². The Kier molecular flexibility index (Phi) is 2.71. The predicted molar refractivity (Wildman–Crippen MR) is 65.3 cm³/mol. The van der Waals surface area contributed by atoms with Gasteiger partial charge in [-0.05, 0) is 28.5 Å². The van der Waals surface area contributed by atoms with E-state index in [-0.39, 0.29) is 5.91 Å². The second kappa shape index (κ2) is 3.84. The molecule has 2 rings (SSSR count).